The number of rotatable bonds is 5. The molecule has 4 saturated carbocycles. The zero-order chi connectivity index (χ0) is 17.0. The molecule has 4 aliphatic rings. The largest absolute Gasteiger partial charge is 0.458 e. The molecule has 132 valence electrons. The molecule has 4 aliphatic carbocycles. The maximum atomic E-state index is 13.0. The number of hydrogen-bond donors (Lipinski definition) is 0. The fourth-order valence-electron chi connectivity index (χ4n) is 6.01. The molecule has 0 amide bonds. The van der Waals surface area contributed by atoms with Crippen LogP contribution in [0.3, 0.4) is 0 Å². The number of ether oxygens (including phenoxy) is 1. The monoisotopic (exact) mass is 320 g/mol. The van der Waals surface area contributed by atoms with Crippen molar-refractivity contribution in [3.63, 3.8) is 0 Å². The van der Waals surface area contributed by atoms with E-state index in [4.69, 9.17) is 4.74 Å². The lowest BCUT2D eigenvalue weighted by molar-refractivity contribution is -0.254. The summed E-state index contributed by atoms with van der Waals surface area (Å²) in [5.41, 5.74) is -0.528. The van der Waals surface area contributed by atoms with E-state index in [-0.39, 0.29) is 22.4 Å². The topological polar surface area (TPSA) is 26.3 Å². The van der Waals surface area contributed by atoms with Crippen LogP contribution < -0.4 is 0 Å². The summed E-state index contributed by atoms with van der Waals surface area (Å²) >= 11 is 0. The Morgan fingerprint density at radius 3 is 1.78 bits per heavy atom. The second kappa shape index (κ2) is 5.49. The smallest absolute Gasteiger partial charge is 0.312 e. The van der Waals surface area contributed by atoms with Crippen LogP contribution in [0.4, 0.5) is 0 Å². The predicted molar refractivity (Wildman–Crippen MR) is 94.0 cm³/mol. The van der Waals surface area contributed by atoms with Crippen molar-refractivity contribution in [2.45, 2.75) is 92.1 Å². The van der Waals surface area contributed by atoms with Gasteiger partial charge in [-0.25, -0.2) is 0 Å². The number of esters is 1. The first-order valence-corrected chi connectivity index (χ1v) is 9.89. The number of carbonyl (C=O) groups is 1. The van der Waals surface area contributed by atoms with E-state index >= 15 is 0 Å². The SMILES string of the molecule is CCC(C)(C)C(=O)OC1(C(C)(C)CC)C2CC3CC(C2)CC1C3. The quantitative estimate of drug-likeness (QED) is 0.617. The van der Waals surface area contributed by atoms with Crippen LogP contribution in [0.1, 0.15) is 86.5 Å². The lowest BCUT2D eigenvalue weighted by atomic mass is 9.44. The van der Waals surface area contributed by atoms with Crippen LogP contribution in [-0.4, -0.2) is 11.6 Å². The number of hydrogen-bond acceptors (Lipinski definition) is 2. The molecular weight excluding hydrogens is 284 g/mol. The molecule has 0 N–H and O–H groups in total. The van der Waals surface area contributed by atoms with E-state index in [1.54, 1.807) is 0 Å². The molecule has 0 radical (unpaired) electrons. The summed E-state index contributed by atoms with van der Waals surface area (Å²) in [6.45, 7) is 13.1. The average Bonchev–Trinajstić information content (AvgIpc) is 2.49. The third-order valence-electron chi connectivity index (χ3n) is 7.99. The Labute approximate surface area is 142 Å². The van der Waals surface area contributed by atoms with Gasteiger partial charge in [0.15, 0.2) is 0 Å². The van der Waals surface area contributed by atoms with Gasteiger partial charge in [-0.2, -0.15) is 0 Å². The van der Waals surface area contributed by atoms with Crippen LogP contribution in [0.15, 0.2) is 0 Å². The van der Waals surface area contributed by atoms with Gasteiger partial charge in [0.1, 0.15) is 5.60 Å². The van der Waals surface area contributed by atoms with E-state index < -0.39 is 0 Å². The van der Waals surface area contributed by atoms with Crippen LogP contribution in [0.25, 0.3) is 0 Å². The van der Waals surface area contributed by atoms with Crippen molar-refractivity contribution in [2.75, 3.05) is 0 Å². The Morgan fingerprint density at radius 2 is 1.39 bits per heavy atom. The van der Waals surface area contributed by atoms with E-state index in [1.807, 2.05) is 13.8 Å². The summed E-state index contributed by atoms with van der Waals surface area (Å²) in [5, 5.41) is 0. The van der Waals surface area contributed by atoms with Crippen LogP contribution >= 0.6 is 0 Å². The number of carbonyl (C=O) groups excluding carboxylic acids is 1. The minimum atomic E-state index is -0.370. The Hall–Kier alpha value is -0.530. The highest BCUT2D eigenvalue weighted by Gasteiger charge is 2.65. The predicted octanol–water partition coefficient (Wildman–Crippen LogP) is 5.60. The van der Waals surface area contributed by atoms with Crippen LogP contribution in [0.5, 0.6) is 0 Å². The van der Waals surface area contributed by atoms with E-state index in [0.717, 1.165) is 24.7 Å². The van der Waals surface area contributed by atoms with Crippen LogP contribution in [-0.2, 0) is 9.53 Å². The first-order valence-electron chi connectivity index (χ1n) is 9.89. The normalized spacial score (nSPS) is 39.6. The second-order valence-electron chi connectivity index (χ2n) is 9.96. The minimum absolute atomic E-state index is 0.0361. The second-order valence-corrected chi connectivity index (χ2v) is 9.96. The summed E-state index contributed by atoms with van der Waals surface area (Å²) in [4.78, 5) is 13.0. The molecule has 4 bridgehead atoms. The van der Waals surface area contributed by atoms with Gasteiger partial charge in [0.25, 0.3) is 0 Å². The van der Waals surface area contributed by atoms with Crippen molar-refractivity contribution in [3.8, 4) is 0 Å². The molecule has 0 saturated heterocycles. The molecule has 4 fully saturated rings. The summed E-state index contributed by atoms with van der Waals surface area (Å²) in [7, 11) is 0. The van der Waals surface area contributed by atoms with Gasteiger partial charge in [-0.05, 0) is 70.6 Å². The zero-order valence-corrected chi connectivity index (χ0v) is 16.1. The molecule has 0 aromatic rings. The van der Waals surface area contributed by atoms with E-state index in [9.17, 15) is 4.79 Å². The van der Waals surface area contributed by atoms with Gasteiger partial charge in [-0.1, -0.05) is 27.7 Å². The fourth-order valence-corrected chi connectivity index (χ4v) is 6.01. The first-order chi connectivity index (χ1) is 10.7. The van der Waals surface area contributed by atoms with Crippen LogP contribution in [0.2, 0.25) is 0 Å². The Morgan fingerprint density at radius 1 is 0.913 bits per heavy atom. The van der Waals surface area contributed by atoms with E-state index in [2.05, 4.69) is 27.7 Å². The minimum Gasteiger partial charge on any atom is -0.458 e. The molecule has 23 heavy (non-hydrogen) atoms. The molecule has 0 heterocycles. The molecule has 0 atom stereocenters. The Balaban J connectivity index is 1.98. The molecule has 0 unspecified atom stereocenters. The van der Waals surface area contributed by atoms with E-state index in [0.29, 0.717) is 11.8 Å². The van der Waals surface area contributed by atoms with Crippen LogP contribution in [0, 0.1) is 34.5 Å². The van der Waals surface area contributed by atoms with Crippen molar-refractivity contribution < 1.29 is 9.53 Å². The molecule has 4 rings (SSSR count). The fraction of sp³-hybridized carbons (Fsp3) is 0.952. The van der Waals surface area contributed by atoms with Gasteiger partial charge < -0.3 is 4.74 Å². The van der Waals surface area contributed by atoms with Gasteiger partial charge in [-0.3, -0.25) is 4.79 Å². The molecule has 0 spiro atoms. The van der Waals surface area contributed by atoms with Crippen molar-refractivity contribution in [1.82, 2.24) is 0 Å². The zero-order valence-electron chi connectivity index (χ0n) is 16.1. The lowest BCUT2D eigenvalue weighted by Gasteiger charge is -2.65. The Bertz CT molecular complexity index is 446. The highest BCUT2D eigenvalue weighted by atomic mass is 16.6. The molecule has 0 aromatic heterocycles. The molecule has 0 aromatic carbocycles. The Kier molecular flexibility index (Phi) is 4.13. The van der Waals surface area contributed by atoms with Gasteiger partial charge in [0.05, 0.1) is 5.41 Å². The summed E-state index contributed by atoms with van der Waals surface area (Å²) in [5.74, 6) is 3.01. The summed E-state index contributed by atoms with van der Waals surface area (Å²) < 4.78 is 6.59. The van der Waals surface area contributed by atoms with Gasteiger partial charge >= 0.3 is 5.97 Å². The third kappa shape index (κ3) is 2.46. The van der Waals surface area contributed by atoms with Crippen molar-refractivity contribution >= 4 is 5.97 Å². The highest BCUT2D eigenvalue weighted by Crippen LogP contribution is 2.65. The van der Waals surface area contributed by atoms with Gasteiger partial charge in [0, 0.05) is 17.3 Å². The van der Waals surface area contributed by atoms with Gasteiger partial charge in [0.2, 0.25) is 0 Å². The standard InChI is InChI=1S/C21H36O2/c1-7-19(3,4)18(22)23-21(20(5,6)8-2)16-10-14-9-15(12-16)13-17(21)11-14/h14-17H,7-13H2,1-6H3. The first kappa shape index (κ1) is 17.3. The lowest BCUT2D eigenvalue weighted by Crippen LogP contribution is -2.66. The maximum absolute atomic E-state index is 13.0. The molecule has 2 nitrogen and oxygen atoms in total. The van der Waals surface area contributed by atoms with E-state index in [1.165, 1.54) is 32.1 Å². The average molecular weight is 321 g/mol. The molecular formula is C21H36O2. The van der Waals surface area contributed by atoms with Gasteiger partial charge in [-0.15, -0.1) is 0 Å². The van der Waals surface area contributed by atoms with Crippen molar-refractivity contribution in [2.24, 2.45) is 34.5 Å². The third-order valence-corrected chi connectivity index (χ3v) is 7.99. The highest BCUT2D eigenvalue weighted by molar-refractivity contribution is 5.76. The summed E-state index contributed by atoms with van der Waals surface area (Å²) in [6.07, 6.45) is 8.51. The molecule has 0 aliphatic heterocycles. The maximum Gasteiger partial charge on any atom is 0.312 e. The molecule has 2 heteroatoms. The summed E-state index contributed by atoms with van der Waals surface area (Å²) in [6, 6.07) is 0. The van der Waals surface area contributed by atoms with Crippen molar-refractivity contribution in [1.29, 1.82) is 0 Å². The van der Waals surface area contributed by atoms with Crippen molar-refractivity contribution in [3.05, 3.63) is 0 Å².